The summed E-state index contributed by atoms with van der Waals surface area (Å²) >= 11 is 3.52. The third-order valence-corrected chi connectivity index (χ3v) is 3.01. The maximum Gasteiger partial charge on any atom is 0.112 e. The lowest BCUT2D eigenvalue weighted by molar-refractivity contribution is 0.619. The van der Waals surface area contributed by atoms with Gasteiger partial charge >= 0.3 is 0 Å². The molecule has 0 radical (unpaired) electrons. The first kappa shape index (κ1) is 9.68. The maximum atomic E-state index is 5.50. The number of halogens is 1. The fourth-order valence-corrected chi connectivity index (χ4v) is 2.07. The van der Waals surface area contributed by atoms with Gasteiger partial charge in [0, 0.05) is 11.9 Å². The minimum Gasteiger partial charge on any atom is -0.329 e. The Morgan fingerprint density at radius 2 is 2.29 bits per heavy atom. The minimum atomic E-state index is 0.603. The van der Waals surface area contributed by atoms with Crippen LogP contribution in [0, 0.1) is 6.92 Å². The first-order chi connectivity index (χ1) is 6.72. The van der Waals surface area contributed by atoms with Crippen LogP contribution in [0.5, 0.6) is 0 Å². The van der Waals surface area contributed by atoms with Crippen LogP contribution in [0.4, 0.5) is 0 Å². The molecule has 3 nitrogen and oxygen atoms in total. The lowest BCUT2D eigenvalue weighted by Crippen LogP contribution is -2.10. The molecule has 2 aromatic rings. The Hall–Kier alpha value is -0.870. The average Bonchev–Trinajstić information content (AvgIpc) is 2.44. The predicted molar refractivity (Wildman–Crippen MR) is 61.2 cm³/mol. The molecular formula is C10H12BrN3. The summed E-state index contributed by atoms with van der Waals surface area (Å²) in [6.07, 6.45) is 0. The second-order valence-electron chi connectivity index (χ2n) is 3.32. The molecule has 0 amide bonds. The summed E-state index contributed by atoms with van der Waals surface area (Å²) in [5.41, 5.74) is 7.74. The molecule has 14 heavy (non-hydrogen) atoms. The fourth-order valence-electron chi connectivity index (χ4n) is 1.48. The number of fused-ring (bicyclic) bond motifs is 1. The smallest absolute Gasteiger partial charge is 0.112 e. The van der Waals surface area contributed by atoms with Gasteiger partial charge in [-0.25, -0.2) is 0 Å². The highest BCUT2D eigenvalue weighted by Crippen LogP contribution is 2.24. The van der Waals surface area contributed by atoms with Gasteiger partial charge in [0.15, 0.2) is 0 Å². The number of hydrogen-bond acceptors (Lipinski definition) is 2. The van der Waals surface area contributed by atoms with Crippen LogP contribution < -0.4 is 5.73 Å². The average molecular weight is 254 g/mol. The molecular weight excluding hydrogens is 242 g/mol. The summed E-state index contributed by atoms with van der Waals surface area (Å²) < 4.78 is 2.90. The first-order valence-electron chi connectivity index (χ1n) is 4.55. The van der Waals surface area contributed by atoms with E-state index in [1.807, 2.05) is 4.68 Å². The fraction of sp³-hybridized carbons (Fsp3) is 0.300. The Balaban J connectivity index is 2.61. The summed E-state index contributed by atoms with van der Waals surface area (Å²) in [4.78, 5) is 0. The van der Waals surface area contributed by atoms with Crippen molar-refractivity contribution in [2.24, 2.45) is 5.73 Å². The first-order valence-corrected chi connectivity index (χ1v) is 5.34. The molecule has 0 spiro atoms. The van der Waals surface area contributed by atoms with Gasteiger partial charge in [0.1, 0.15) is 4.60 Å². The molecule has 0 saturated heterocycles. The Labute approximate surface area is 91.0 Å². The molecule has 0 aliphatic carbocycles. The maximum absolute atomic E-state index is 5.50. The number of benzene rings is 1. The Kier molecular flexibility index (Phi) is 2.56. The standard InChI is InChI=1S/C10H12BrN3/c1-7-2-3-8-9(6-7)13-14(5-4-12)10(8)11/h2-3,6H,4-5,12H2,1H3. The van der Waals surface area contributed by atoms with Crippen LogP contribution in [0.3, 0.4) is 0 Å². The van der Waals surface area contributed by atoms with E-state index < -0.39 is 0 Å². The van der Waals surface area contributed by atoms with E-state index in [1.54, 1.807) is 0 Å². The lowest BCUT2D eigenvalue weighted by Gasteiger charge is -1.98. The highest BCUT2D eigenvalue weighted by Gasteiger charge is 2.07. The van der Waals surface area contributed by atoms with Gasteiger partial charge in [-0.1, -0.05) is 6.07 Å². The SMILES string of the molecule is Cc1ccc2c(Br)n(CCN)nc2c1. The van der Waals surface area contributed by atoms with Gasteiger partial charge < -0.3 is 5.73 Å². The number of hydrogen-bond donors (Lipinski definition) is 1. The molecule has 1 aromatic heterocycles. The highest BCUT2D eigenvalue weighted by atomic mass is 79.9. The summed E-state index contributed by atoms with van der Waals surface area (Å²) in [5, 5.41) is 5.60. The van der Waals surface area contributed by atoms with Crippen LogP contribution in [0.25, 0.3) is 10.9 Å². The summed E-state index contributed by atoms with van der Waals surface area (Å²) in [6.45, 7) is 3.41. The van der Waals surface area contributed by atoms with Crippen molar-refractivity contribution >= 4 is 26.8 Å². The zero-order valence-corrected chi connectivity index (χ0v) is 9.58. The molecule has 1 aromatic carbocycles. The van der Waals surface area contributed by atoms with E-state index >= 15 is 0 Å². The third-order valence-electron chi connectivity index (χ3n) is 2.17. The Morgan fingerprint density at radius 1 is 1.50 bits per heavy atom. The number of aromatic nitrogens is 2. The summed E-state index contributed by atoms with van der Waals surface area (Å²) in [7, 11) is 0. The van der Waals surface area contributed by atoms with Gasteiger partial charge in [0.2, 0.25) is 0 Å². The molecule has 0 saturated carbocycles. The van der Waals surface area contributed by atoms with Crippen molar-refractivity contribution in [3.8, 4) is 0 Å². The second-order valence-corrected chi connectivity index (χ2v) is 4.07. The Morgan fingerprint density at radius 3 is 3.00 bits per heavy atom. The number of nitrogens with zero attached hydrogens (tertiary/aromatic N) is 2. The van der Waals surface area contributed by atoms with Crippen molar-refractivity contribution in [1.82, 2.24) is 9.78 Å². The van der Waals surface area contributed by atoms with Crippen LogP contribution in [-0.2, 0) is 6.54 Å². The normalized spacial score (nSPS) is 11.1. The largest absolute Gasteiger partial charge is 0.329 e. The van der Waals surface area contributed by atoms with E-state index in [-0.39, 0.29) is 0 Å². The molecule has 0 atom stereocenters. The van der Waals surface area contributed by atoms with Crippen LogP contribution in [0.1, 0.15) is 5.56 Å². The molecule has 0 fully saturated rings. The van der Waals surface area contributed by atoms with E-state index in [2.05, 4.69) is 46.2 Å². The summed E-state index contributed by atoms with van der Waals surface area (Å²) in [6, 6.07) is 6.24. The van der Waals surface area contributed by atoms with Crippen molar-refractivity contribution in [1.29, 1.82) is 0 Å². The van der Waals surface area contributed by atoms with Crippen LogP contribution >= 0.6 is 15.9 Å². The molecule has 0 bridgehead atoms. The van der Waals surface area contributed by atoms with Crippen molar-refractivity contribution in [2.45, 2.75) is 13.5 Å². The molecule has 74 valence electrons. The van der Waals surface area contributed by atoms with E-state index in [4.69, 9.17) is 5.73 Å². The van der Waals surface area contributed by atoms with E-state index in [9.17, 15) is 0 Å². The van der Waals surface area contributed by atoms with Crippen LogP contribution in [-0.4, -0.2) is 16.3 Å². The number of aryl methyl sites for hydroxylation is 1. The van der Waals surface area contributed by atoms with Crippen LogP contribution in [0.15, 0.2) is 22.8 Å². The zero-order chi connectivity index (χ0) is 10.1. The van der Waals surface area contributed by atoms with Crippen molar-refractivity contribution in [3.05, 3.63) is 28.4 Å². The quantitative estimate of drug-likeness (QED) is 0.891. The minimum absolute atomic E-state index is 0.603. The summed E-state index contributed by atoms with van der Waals surface area (Å²) in [5.74, 6) is 0. The molecule has 0 unspecified atom stereocenters. The highest BCUT2D eigenvalue weighted by molar-refractivity contribution is 9.10. The lowest BCUT2D eigenvalue weighted by atomic mass is 10.2. The molecule has 2 N–H and O–H groups in total. The van der Waals surface area contributed by atoms with Crippen molar-refractivity contribution < 1.29 is 0 Å². The van der Waals surface area contributed by atoms with E-state index in [0.29, 0.717) is 6.54 Å². The van der Waals surface area contributed by atoms with Gasteiger partial charge in [-0.2, -0.15) is 5.10 Å². The molecule has 0 aliphatic heterocycles. The zero-order valence-electron chi connectivity index (χ0n) is 8.00. The monoisotopic (exact) mass is 253 g/mol. The van der Waals surface area contributed by atoms with Gasteiger partial charge in [-0.05, 0) is 40.5 Å². The second kappa shape index (κ2) is 3.71. The van der Waals surface area contributed by atoms with Crippen LogP contribution in [0.2, 0.25) is 0 Å². The van der Waals surface area contributed by atoms with E-state index in [1.165, 1.54) is 5.56 Å². The number of rotatable bonds is 2. The third kappa shape index (κ3) is 1.55. The topological polar surface area (TPSA) is 43.8 Å². The van der Waals surface area contributed by atoms with Gasteiger partial charge in [-0.15, -0.1) is 0 Å². The Bertz CT molecular complexity index is 462. The van der Waals surface area contributed by atoms with Crippen molar-refractivity contribution in [3.63, 3.8) is 0 Å². The number of nitrogens with two attached hydrogens (primary N) is 1. The van der Waals surface area contributed by atoms with E-state index in [0.717, 1.165) is 22.1 Å². The molecule has 4 heteroatoms. The predicted octanol–water partition coefficient (Wildman–Crippen LogP) is 2.07. The van der Waals surface area contributed by atoms with Gasteiger partial charge in [-0.3, -0.25) is 4.68 Å². The van der Waals surface area contributed by atoms with Gasteiger partial charge in [0.05, 0.1) is 12.1 Å². The van der Waals surface area contributed by atoms with Gasteiger partial charge in [0.25, 0.3) is 0 Å². The van der Waals surface area contributed by atoms with Crippen molar-refractivity contribution in [2.75, 3.05) is 6.54 Å². The molecule has 1 heterocycles. The molecule has 2 rings (SSSR count). The molecule has 0 aliphatic rings.